The highest BCUT2D eigenvalue weighted by atomic mass is 32.3. The van der Waals surface area contributed by atoms with Crippen LogP contribution in [0.3, 0.4) is 0 Å². The molecule has 0 aromatic carbocycles. The number of carbonyl (C=O) groups excluding carboxylic acids is 2. The van der Waals surface area contributed by atoms with E-state index in [9.17, 15) is 18.0 Å². The molecule has 0 spiro atoms. The maximum Gasteiger partial charge on any atom is 0.506 e. The highest BCUT2D eigenvalue weighted by molar-refractivity contribution is 7.82. The van der Waals surface area contributed by atoms with Crippen molar-refractivity contribution < 1.29 is 26.4 Å². The van der Waals surface area contributed by atoms with E-state index in [1.54, 1.807) is 27.7 Å². The summed E-state index contributed by atoms with van der Waals surface area (Å²) < 4.78 is 30.4. The van der Waals surface area contributed by atoms with E-state index in [1.807, 2.05) is 0 Å². The summed E-state index contributed by atoms with van der Waals surface area (Å²) >= 11 is 0. The van der Waals surface area contributed by atoms with E-state index in [-0.39, 0.29) is 24.7 Å². The molecular formula is C10H18O6S. The van der Waals surface area contributed by atoms with Gasteiger partial charge in [-0.25, -0.2) is 0 Å². The molecule has 0 unspecified atom stereocenters. The highest BCUT2D eigenvalue weighted by Gasteiger charge is 2.23. The first kappa shape index (κ1) is 15.9. The minimum absolute atomic E-state index is 0.0379. The molecule has 7 heteroatoms. The summed E-state index contributed by atoms with van der Waals surface area (Å²) in [6.45, 7) is 6.94. The summed E-state index contributed by atoms with van der Waals surface area (Å²) in [6, 6.07) is 0. The molecule has 0 radical (unpaired) electrons. The maximum atomic E-state index is 11.1. The molecule has 6 nitrogen and oxygen atoms in total. The predicted octanol–water partition coefficient (Wildman–Crippen LogP) is 1.41. The van der Waals surface area contributed by atoms with Crippen molar-refractivity contribution in [2.75, 3.05) is 0 Å². The van der Waals surface area contributed by atoms with E-state index < -0.39 is 22.3 Å². The predicted molar refractivity (Wildman–Crippen MR) is 60.0 cm³/mol. The zero-order valence-electron chi connectivity index (χ0n) is 10.4. The molecular weight excluding hydrogens is 248 g/mol. The molecule has 0 heterocycles. The van der Waals surface area contributed by atoms with Crippen LogP contribution in [0.15, 0.2) is 0 Å². The fourth-order valence-corrected chi connectivity index (χ4v) is 1.60. The van der Waals surface area contributed by atoms with Gasteiger partial charge < -0.3 is 8.37 Å². The fourth-order valence-electron chi connectivity index (χ4n) is 0.979. The summed E-state index contributed by atoms with van der Waals surface area (Å²) in [5, 5.41) is 0. The van der Waals surface area contributed by atoms with E-state index in [1.165, 1.54) is 0 Å². The van der Waals surface area contributed by atoms with Gasteiger partial charge in [0.25, 0.3) is 0 Å². The van der Waals surface area contributed by atoms with Crippen LogP contribution >= 0.6 is 0 Å². The quantitative estimate of drug-likeness (QED) is 0.722. The van der Waals surface area contributed by atoms with Gasteiger partial charge in [0.05, 0.1) is 0 Å². The second-order valence-corrected chi connectivity index (χ2v) is 5.66. The molecule has 0 aliphatic heterocycles. The van der Waals surface area contributed by atoms with Crippen LogP contribution in [-0.2, 0) is 28.4 Å². The first-order chi connectivity index (χ1) is 7.62. The molecule has 0 rings (SSSR count). The molecule has 100 valence electrons. The molecule has 0 amide bonds. The Morgan fingerprint density at radius 1 is 0.882 bits per heavy atom. The lowest BCUT2D eigenvalue weighted by Gasteiger charge is -2.07. The van der Waals surface area contributed by atoms with Crippen LogP contribution < -0.4 is 0 Å². The van der Waals surface area contributed by atoms with E-state index in [2.05, 4.69) is 8.37 Å². The first-order valence-corrected chi connectivity index (χ1v) is 6.65. The Balaban J connectivity index is 4.30. The molecule has 0 saturated carbocycles. The molecule has 0 fully saturated rings. The van der Waals surface area contributed by atoms with Crippen LogP contribution in [0.2, 0.25) is 0 Å². The third-order valence-corrected chi connectivity index (χ3v) is 2.32. The Bertz CT molecular complexity index is 338. The Morgan fingerprint density at radius 3 is 1.41 bits per heavy atom. The van der Waals surface area contributed by atoms with Crippen molar-refractivity contribution in [2.24, 2.45) is 11.8 Å². The van der Waals surface area contributed by atoms with Crippen LogP contribution in [0, 0.1) is 11.8 Å². The average Bonchev–Trinajstić information content (AvgIpc) is 1.95. The Morgan fingerprint density at radius 2 is 1.18 bits per heavy atom. The summed E-state index contributed by atoms with van der Waals surface area (Å²) in [6.07, 6.45) is -0.109. The number of rotatable bonds is 6. The molecule has 0 saturated heterocycles. The highest BCUT2D eigenvalue weighted by Crippen LogP contribution is 2.08. The third-order valence-electron chi connectivity index (χ3n) is 1.54. The third kappa shape index (κ3) is 8.67. The topological polar surface area (TPSA) is 86.7 Å². The molecule has 0 atom stereocenters. The van der Waals surface area contributed by atoms with Crippen LogP contribution in [0.5, 0.6) is 0 Å². The van der Waals surface area contributed by atoms with Gasteiger partial charge in [-0.1, -0.05) is 27.7 Å². The van der Waals surface area contributed by atoms with Crippen LogP contribution in [-0.4, -0.2) is 20.4 Å². The molecule has 0 aliphatic rings. The minimum Gasteiger partial charge on any atom is -0.316 e. The van der Waals surface area contributed by atoms with E-state index in [0.29, 0.717) is 0 Å². The Hall–Kier alpha value is -1.11. The summed E-state index contributed by atoms with van der Waals surface area (Å²) in [4.78, 5) is 22.2. The van der Waals surface area contributed by atoms with Crippen LogP contribution in [0.25, 0.3) is 0 Å². The Kier molecular flexibility index (Phi) is 6.15. The van der Waals surface area contributed by atoms with Gasteiger partial charge in [0.2, 0.25) is 0 Å². The zero-order chi connectivity index (χ0) is 13.6. The second-order valence-electron chi connectivity index (χ2n) is 4.51. The summed E-state index contributed by atoms with van der Waals surface area (Å²) in [7, 11) is -4.57. The van der Waals surface area contributed by atoms with Gasteiger partial charge >= 0.3 is 22.3 Å². The molecule has 17 heavy (non-hydrogen) atoms. The van der Waals surface area contributed by atoms with Crippen molar-refractivity contribution in [3.63, 3.8) is 0 Å². The maximum absolute atomic E-state index is 11.1. The van der Waals surface area contributed by atoms with Gasteiger partial charge in [-0.05, 0) is 11.8 Å². The van der Waals surface area contributed by atoms with Gasteiger partial charge in [0, 0.05) is 12.8 Å². The lowest BCUT2D eigenvalue weighted by atomic mass is 10.1. The standard InChI is InChI=1S/C10H18O6S/c1-7(2)5-9(11)15-17(13,14)16-10(12)6-8(3)4/h7-8H,5-6H2,1-4H3. The van der Waals surface area contributed by atoms with Crippen molar-refractivity contribution in [2.45, 2.75) is 40.5 Å². The lowest BCUT2D eigenvalue weighted by molar-refractivity contribution is -0.138. The summed E-state index contributed by atoms with van der Waals surface area (Å²) in [5.74, 6) is -1.94. The van der Waals surface area contributed by atoms with Crippen molar-refractivity contribution in [1.29, 1.82) is 0 Å². The monoisotopic (exact) mass is 266 g/mol. The number of hydrogen-bond acceptors (Lipinski definition) is 6. The van der Waals surface area contributed by atoms with Crippen LogP contribution in [0.1, 0.15) is 40.5 Å². The van der Waals surface area contributed by atoms with Crippen molar-refractivity contribution in [1.82, 2.24) is 0 Å². The number of hydrogen-bond donors (Lipinski definition) is 0. The van der Waals surface area contributed by atoms with Gasteiger partial charge in [-0.3, -0.25) is 9.59 Å². The average molecular weight is 266 g/mol. The molecule has 0 aliphatic carbocycles. The smallest absolute Gasteiger partial charge is 0.316 e. The number of carbonyl (C=O) groups is 2. The molecule has 0 bridgehead atoms. The van der Waals surface area contributed by atoms with Crippen LogP contribution in [0.4, 0.5) is 0 Å². The van der Waals surface area contributed by atoms with Crippen molar-refractivity contribution in [3.8, 4) is 0 Å². The van der Waals surface area contributed by atoms with E-state index >= 15 is 0 Å². The molecule has 0 aromatic heterocycles. The van der Waals surface area contributed by atoms with E-state index in [4.69, 9.17) is 0 Å². The largest absolute Gasteiger partial charge is 0.506 e. The second kappa shape index (κ2) is 6.58. The van der Waals surface area contributed by atoms with Gasteiger partial charge in [-0.15, -0.1) is 8.42 Å². The Labute approximate surface area is 102 Å². The summed E-state index contributed by atoms with van der Waals surface area (Å²) in [5.41, 5.74) is 0. The zero-order valence-corrected chi connectivity index (χ0v) is 11.2. The van der Waals surface area contributed by atoms with E-state index in [0.717, 1.165) is 0 Å². The van der Waals surface area contributed by atoms with Crippen molar-refractivity contribution in [3.05, 3.63) is 0 Å². The normalized spacial score (nSPS) is 11.6. The minimum atomic E-state index is -4.57. The molecule has 0 aromatic rings. The molecule has 0 N–H and O–H groups in total. The van der Waals surface area contributed by atoms with Gasteiger partial charge in [-0.2, -0.15) is 0 Å². The first-order valence-electron chi connectivity index (χ1n) is 5.32. The van der Waals surface area contributed by atoms with Crippen molar-refractivity contribution >= 4 is 22.3 Å². The SMILES string of the molecule is CC(C)CC(=O)OS(=O)(=O)OC(=O)CC(C)C. The van der Waals surface area contributed by atoms with Gasteiger partial charge in [0.15, 0.2) is 0 Å². The fraction of sp³-hybridized carbons (Fsp3) is 0.800. The lowest BCUT2D eigenvalue weighted by Crippen LogP contribution is -2.20. The van der Waals surface area contributed by atoms with Gasteiger partial charge in [0.1, 0.15) is 0 Å².